The second-order valence-electron chi connectivity index (χ2n) is 10.0. The van der Waals surface area contributed by atoms with Gasteiger partial charge < -0.3 is 25.6 Å². The number of aromatic hydroxyl groups is 1. The first-order valence-corrected chi connectivity index (χ1v) is 14.0. The molecule has 0 fully saturated rings. The molecule has 43 heavy (non-hydrogen) atoms. The van der Waals surface area contributed by atoms with Gasteiger partial charge in [0.15, 0.2) is 6.10 Å². The lowest BCUT2D eigenvalue weighted by Gasteiger charge is -2.27. The van der Waals surface area contributed by atoms with E-state index in [1.807, 2.05) is 66.7 Å². The molecule has 5 rings (SSSR count). The molecule has 5 aromatic carbocycles. The maximum Gasteiger partial charge on any atom is 0.412 e. The number of phenols is 1. The fourth-order valence-corrected chi connectivity index (χ4v) is 5.11. The number of hydrogen-bond donors (Lipinski definition) is 4. The molecule has 0 heterocycles. The third-order valence-electron chi connectivity index (χ3n) is 7.25. The zero-order valence-corrected chi connectivity index (χ0v) is 23.7. The van der Waals surface area contributed by atoms with Crippen LogP contribution in [-0.4, -0.2) is 30.3 Å². The Hall–Kier alpha value is -5.34. The van der Waals surface area contributed by atoms with E-state index in [-0.39, 0.29) is 11.7 Å². The smallest absolute Gasteiger partial charge is 0.412 e. The number of allylic oxidation sites excluding steroid dienone is 1. The van der Waals surface area contributed by atoms with Crippen LogP contribution >= 0.6 is 0 Å². The van der Waals surface area contributed by atoms with Gasteiger partial charge in [-0.1, -0.05) is 84.9 Å². The van der Waals surface area contributed by atoms with Crippen molar-refractivity contribution in [2.75, 3.05) is 23.5 Å². The molecule has 0 bridgehead atoms. The molecule has 2 atom stereocenters. The van der Waals surface area contributed by atoms with Gasteiger partial charge in [-0.15, -0.1) is 0 Å². The number of anilines is 3. The Morgan fingerprint density at radius 3 is 2.28 bits per heavy atom. The number of rotatable bonds is 10. The van der Waals surface area contributed by atoms with E-state index in [0.717, 1.165) is 16.2 Å². The molecular formula is C35H33N3O5. The molecule has 0 aromatic heterocycles. The van der Waals surface area contributed by atoms with Crippen LogP contribution in [-0.2, 0) is 14.3 Å². The average Bonchev–Trinajstić information content (AvgIpc) is 3.02. The molecule has 8 nitrogen and oxygen atoms in total. The topological polar surface area (TPSA) is 123 Å². The molecule has 218 valence electrons. The second-order valence-corrected chi connectivity index (χ2v) is 10.0. The van der Waals surface area contributed by atoms with Crippen molar-refractivity contribution in [1.29, 1.82) is 0 Å². The lowest BCUT2D eigenvalue weighted by atomic mass is 9.94. The summed E-state index contributed by atoms with van der Waals surface area (Å²) in [6.45, 7) is 0. The summed E-state index contributed by atoms with van der Waals surface area (Å²) in [6, 6.07) is 31.2. The maximum absolute atomic E-state index is 13.4. The first-order valence-electron chi connectivity index (χ1n) is 14.0. The van der Waals surface area contributed by atoms with Crippen LogP contribution in [0.3, 0.4) is 0 Å². The Bertz CT molecular complexity index is 1780. The highest BCUT2D eigenvalue weighted by Gasteiger charge is 2.29. The molecular weight excluding hydrogens is 542 g/mol. The Labute approximate surface area is 249 Å². The minimum atomic E-state index is -0.822. The van der Waals surface area contributed by atoms with Gasteiger partial charge >= 0.3 is 6.09 Å². The zero-order valence-electron chi connectivity index (χ0n) is 23.7. The first kappa shape index (κ1) is 29.2. The summed E-state index contributed by atoms with van der Waals surface area (Å²) in [5.74, 6) is -0.182. The van der Waals surface area contributed by atoms with Crippen LogP contribution < -0.4 is 16.4 Å². The largest absolute Gasteiger partial charge is 0.507 e. The van der Waals surface area contributed by atoms with E-state index < -0.39 is 18.3 Å². The number of hydrogen-bond acceptors (Lipinski definition) is 6. The molecule has 0 saturated heterocycles. The summed E-state index contributed by atoms with van der Waals surface area (Å²) >= 11 is 0. The van der Waals surface area contributed by atoms with Crippen LogP contribution in [0.2, 0.25) is 0 Å². The fraction of sp³-hybridized carbons (Fsp3) is 0.143. The number of ether oxygens (including phenoxy) is 2. The summed E-state index contributed by atoms with van der Waals surface area (Å²) in [5.41, 5.74) is 8.25. The number of methoxy groups -OCH3 is 1. The van der Waals surface area contributed by atoms with Crippen LogP contribution in [0.4, 0.5) is 21.9 Å². The van der Waals surface area contributed by atoms with E-state index in [1.165, 1.54) is 6.08 Å². The highest BCUT2D eigenvalue weighted by atomic mass is 16.6. The summed E-state index contributed by atoms with van der Waals surface area (Å²) in [5, 5.41) is 19.4. The Balaban J connectivity index is 1.37. The highest BCUT2D eigenvalue weighted by Crippen LogP contribution is 2.36. The molecule has 8 heteroatoms. The third kappa shape index (κ3) is 6.94. The predicted octanol–water partition coefficient (Wildman–Crippen LogP) is 7.56. The maximum atomic E-state index is 13.4. The van der Waals surface area contributed by atoms with E-state index in [4.69, 9.17) is 15.2 Å². The van der Waals surface area contributed by atoms with Crippen molar-refractivity contribution >= 4 is 50.6 Å². The van der Waals surface area contributed by atoms with Gasteiger partial charge in [0.25, 0.3) is 0 Å². The molecule has 0 aliphatic carbocycles. The number of para-hydroxylation sites is 2. The second kappa shape index (κ2) is 13.5. The number of nitrogen functional groups attached to an aromatic ring is 1. The van der Waals surface area contributed by atoms with Gasteiger partial charge in [-0.3, -0.25) is 10.1 Å². The molecule has 5 N–H and O–H groups in total. The molecule has 0 radical (unpaired) electrons. The van der Waals surface area contributed by atoms with Gasteiger partial charge in [0.1, 0.15) is 5.75 Å². The SMILES string of the molecule is CO[C@H](CC/C=C/C(=O)Nc1ccccc1N)[C@H](OC(=O)Nc1cccc2ccccc12)c1ccc(O)c2ccccc12. The van der Waals surface area contributed by atoms with Crippen molar-refractivity contribution < 1.29 is 24.2 Å². The minimum absolute atomic E-state index is 0.125. The molecule has 0 saturated carbocycles. The van der Waals surface area contributed by atoms with Crippen LogP contribution in [0.1, 0.15) is 24.5 Å². The standard InChI is InChI=1S/C35H33N3O5/c1-42-32(19-8-9-20-33(40)37-30-17-7-6-16-28(30)36)34(27-21-22-31(39)26-15-5-4-14-25(26)27)43-35(41)38-29-18-10-12-23-11-2-3-13-24(23)29/h2-7,9-18,20-22,32,34,39H,8,19,36H2,1H3,(H,37,40)(H,38,41)/b20-9+/t32-,34-/m1/s1. The third-order valence-corrected chi connectivity index (χ3v) is 7.25. The number of nitrogens with two attached hydrogens (primary N) is 1. The Kier molecular flexibility index (Phi) is 9.19. The Morgan fingerprint density at radius 2 is 1.49 bits per heavy atom. The van der Waals surface area contributed by atoms with E-state index in [1.54, 1.807) is 49.6 Å². The first-order chi connectivity index (χ1) is 20.9. The summed E-state index contributed by atoms with van der Waals surface area (Å²) in [4.78, 5) is 25.8. The van der Waals surface area contributed by atoms with Crippen molar-refractivity contribution in [3.05, 3.63) is 121 Å². The van der Waals surface area contributed by atoms with Crippen molar-refractivity contribution in [2.24, 2.45) is 0 Å². The molecule has 0 aliphatic heterocycles. The van der Waals surface area contributed by atoms with E-state index in [0.29, 0.717) is 40.9 Å². The monoisotopic (exact) mass is 575 g/mol. The van der Waals surface area contributed by atoms with Crippen molar-refractivity contribution in [3.63, 3.8) is 0 Å². The van der Waals surface area contributed by atoms with E-state index >= 15 is 0 Å². The fourth-order valence-electron chi connectivity index (χ4n) is 5.11. The Morgan fingerprint density at radius 1 is 0.814 bits per heavy atom. The molecule has 0 unspecified atom stereocenters. The number of nitrogens with one attached hydrogen (secondary N) is 2. The van der Waals surface area contributed by atoms with Crippen molar-refractivity contribution in [2.45, 2.75) is 25.0 Å². The van der Waals surface area contributed by atoms with E-state index in [9.17, 15) is 14.7 Å². The molecule has 2 amide bonds. The lowest BCUT2D eigenvalue weighted by Crippen LogP contribution is -2.28. The number of amides is 2. The normalized spacial score (nSPS) is 12.7. The lowest BCUT2D eigenvalue weighted by molar-refractivity contribution is -0.111. The van der Waals surface area contributed by atoms with Gasteiger partial charge in [-0.05, 0) is 54.0 Å². The van der Waals surface area contributed by atoms with Gasteiger partial charge in [0.2, 0.25) is 5.91 Å². The molecule has 5 aromatic rings. The van der Waals surface area contributed by atoms with Crippen molar-refractivity contribution in [3.8, 4) is 5.75 Å². The van der Waals surface area contributed by atoms with Gasteiger partial charge in [0, 0.05) is 23.4 Å². The highest BCUT2D eigenvalue weighted by molar-refractivity contribution is 6.01. The van der Waals surface area contributed by atoms with Crippen LogP contribution in [0, 0.1) is 0 Å². The van der Waals surface area contributed by atoms with Gasteiger partial charge in [-0.2, -0.15) is 0 Å². The van der Waals surface area contributed by atoms with Crippen LogP contribution in [0.5, 0.6) is 5.75 Å². The number of benzene rings is 5. The summed E-state index contributed by atoms with van der Waals surface area (Å²) < 4.78 is 12.0. The number of phenolic OH excluding ortho intramolecular Hbond substituents is 1. The number of fused-ring (bicyclic) bond motifs is 2. The number of carbonyl (C=O) groups excluding carboxylic acids is 2. The molecule has 0 spiro atoms. The minimum Gasteiger partial charge on any atom is -0.507 e. The summed E-state index contributed by atoms with van der Waals surface area (Å²) in [7, 11) is 1.56. The average molecular weight is 576 g/mol. The summed E-state index contributed by atoms with van der Waals surface area (Å²) in [6.07, 6.45) is 2.06. The number of carbonyl (C=O) groups is 2. The van der Waals surface area contributed by atoms with Crippen molar-refractivity contribution in [1.82, 2.24) is 0 Å². The van der Waals surface area contributed by atoms with Gasteiger partial charge in [-0.25, -0.2) is 4.79 Å². The van der Waals surface area contributed by atoms with Gasteiger partial charge in [0.05, 0.1) is 23.2 Å². The quantitative estimate of drug-likeness (QED) is 0.101. The molecule has 0 aliphatic rings. The van der Waals surface area contributed by atoms with E-state index in [2.05, 4.69) is 10.6 Å². The van der Waals surface area contributed by atoms with Crippen LogP contribution in [0.25, 0.3) is 21.5 Å². The zero-order chi connectivity index (χ0) is 30.2. The van der Waals surface area contributed by atoms with Crippen LogP contribution in [0.15, 0.2) is 115 Å². The predicted molar refractivity (Wildman–Crippen MR) is 171 cm³/mol.